The second-order valence-electron chi connectivity index (χ2n) is 8.58. The van der Waals surface area contributed by atoms with Gasteiger partial charge in [-0.1, -0.05) is 30.3 Å². The Bertz CT molecular complexity index is 1660. The predicted molar refractivity (Wildman–Crippen MR) is 137 cm³/mol. The highest BCUT2D eigenvalue weighted by Gasteiger charge is 2.34. The molecule has 0 saturated carbocycles. The number of benzene rings is 3. The first-order valence-electron chi connectivity index (χ1n) is 11.6. The van der Waals surface area contributed by atoms with Crippen molar-refractivity contribution in [1.29, 1.82) is 0 Å². The Labute approximate surface area is 219 Å². The van der Waals surface area contributed by atoms with Crippen LogP contribution in [0.1, 0.15) is 22.3 Å². The van der Waals surface area contributed by atoms with Crippen LogP contribution in [-0.2, 0) is 26.9 Å². The molecule has 6 nitrogen and oxygen atoms in total. The van der Waals surface area contributed by atoms with Crippen LogP contribution in [0.25, 0.3) is 28.2 Å². The molecular formula is C29H21F4NO5. The van der Waals surface area contributed by atoms with Crippen LogP contribution in [0.5, 0.6) is 0 Å². The van der Waals surface area contributed by atoms with Crippen LogP contribution in [0.4, 0.5) is 23.2 Å². The van der Waals surface area contributed by atoms with Gasteiger partial charge in [-0.15, -0.1) is 0 Å². The molecule has 0 aliphatic rings. The van der Waals surface area contributed by atoms with Crippen molar-refractivity contribution in [3.8, 4) is 11.1 Å². The Hall–Kier alpha value is -4.73. The summed E-state index contributed by atoms with van der Waals surface area (Å²) in [5.41, 5.74) is -0.524. The molecule has 200 valence electrons. The van der Waals surface area contributed by atoms with Gasteiger partial charge in [0.1, 0.15) is 11.4 Å². The van der Waals surface area contributed by atoms with Gasteiger partial charge in [0.15, 0.2) is 0 Å². The van der Waals surface area contributed by atoms with E-state index in [4.69, 9.17) is 4.42 Å². The number of aryl methyl sites for hydroxylation is 1. The number of methoxy groups -OCH3 is 1. The molecule has 10 heteroatoms. The highest BCUT2D eigenvalue weighted by molar-refractivity contribution is 6.00. The second kappa shape index (κ2) is 10.9. The Morgan fingerprint density at radius 3 is 2.44 bits per heavy atom. The maximum atomic E-state index is 13.5. The Kier molecular flexibility index (Phi) is 7.66. The van der Waals surface area contributed by atoms with Crippen LogP contribution in [-0.4, -0.2) is 19.0 Å². The summed E-state index contributed by atoms with van der Waals surface area (Å²) in [6, 6.07) is 13.8. The molecule has 0 unspecified atom stereocenters. The molecule has 4 aromatic rings. The number of carbonyl (C=O) groups is 2. The number of hydrogen-bond donors (Lipinski definition) is 1. The van der Waals surface area contributed by atoms with E-state index in [-0.39, 0.29) is 17.2 Å². The molecule has 0 radical (unpaired) electrons. The number of anilines is 1. The van der Waals surface area contributed by atoms with Gasteiger partial charge >= 0.3 is 17.8 Å². The van der Waals surface area contributed by atoms with Crippen molar-refractivity contribution in [3.05, 3.63) is 105 Å². The monoisotopic (exact) mass is 539 g/mol. The van der Waals surface area contributed by atoms with E-state index < -0.39 is 47.2 Å². The Morgan fingerprint density at radius 2 is 1.77 bits per heavy atom. The summed E-state index contributed by atoms with van der Waals surface area (Å²) in [7, 11) is 1.24. The maximum Gasteiger partial charge on any atom is 0.418 e. The van der Waals surface area contributed by atoms with Gasteiger partial charge < -0.3 is 14.5 Å². The molecule has 0 spiro atoms. The lowest BCUT2D eigenvalue weighted by molar-refractivity contribution is -0.137. The summed E-state index contributed by atoms with van der Waals surface area (Å²) in [5, 5.41) is 2.58. The quantitative estimate of drug-likeness (QED) is 0.135. The van der Waals surface area contributed by atoms with Crippen molar-refractivity contribution < 1.29 is 36.3 Å². The topological polar surface area (TPSA) is 85.6 Å². The molecule has 3 aromatic carbocycles. The lowest BCUT2D eigenvalue weighted by Crippen LogP contribution is -2.22. The van der Waals surface area contributed by atoms with Gasteiger partial charge in [0.2, 0.25) is 5.91 Å². The van der Waals surface area contributed by atoms with Crippen molar-refractivity contribution in [1.82, 2.24) is 0 Å². The molecule has 1 N–H and O–H groups in total. The molecule has 1 aromatic heterocycles. The third-order valence-electron chi connectivity index (χ3n) is 5.95. The zero-order valence-electron chi connectivity index (χ0n) is 20.7. The lowest BCUT2D eigenvalue weighted by atomic mass is 9.93. The fourth-order valence-corrected chi connectivity index (χ4v) is 4.12. The SMILES string of the molecule is COC(=O)C=Cc1cc2c(-c3ccccc3)c(CC(=O)Nc3ccc(F)cc3C(F)(F)F)c(=O)oc2cc1C. The maximum absolute atomic E-state index is 13.5. The standard InChI is InChI=1S/C29H21F4NO5/c1-16-12-24-20(13-18(16)8-11-26(36)38-2)27(17-6-4-3-5-7-17)21(28(37)39-24)15-25(35)34-23-10-9-19(30)14-22(23)29(31,32)33/h3-14H,15H2,1-2H3,(H,34,35). The smallest absolute Gasteiger partial charge is 0.418 e. The third kappa shape index (κ3) is 6.06. The highest BCUT2D eigenvalue weighted by Crippen LogP contribution is 2.36. The Morgan fingerprint density at radius 1 is 1.05 bits per heavy atom. The van der Waals surface area contributed by atoms with E-state index in [0.29, 0.717) is 27.6 Å². The van der Waals surface area contributed by atoms with Gasteiger partial charge in [-0.05, 0) is 60.0 Å². The summed E-state index contributed by atoms with van der Waals surface area (Å²) in [4.78, 5) is 37.6. The van der Waals surface area contributed by atoms with E-state index >= 15 is 0 Å². The van der Waals surface area contributed by atoms with Gasteiger partial charge in [-0.25, -0.2) is 14.0 Å². The fourth-order valence-electron chi connectivity index (χ4n) is 4.12. The fraction of sp³-hybridized carbons (Fsp3) is 0.138. The summed E-state index contributed by atoms with van der Waals surface area (Å²) < 4.78 is 63.9. The Balaban J connectivity index is 1.84. The van der Waals surface area contributed by atoms with E-state index in [9.17, 15) is 31.9 Å². The molecule has 4 rings (SSSR count). The largest absolute Gasteiger partial charge is 0.466 e. The third-order valence-corrected chi connectivity index (χ3v) is 5.95. The van der Waals surface area contributed by atoms with Crippen molar-refractivity contribution in [2.45, 2.75) is 19.5 Å². The number of rotatable bonds is 6. The molecule has 39 heavy (non-hydrogen) atoms. The van der Waals surface area contributed by atoms with Gasteiger partial charge in [0, 0.05) is 17.0 Å². The number of nitrogens with one attached hydrogen (secondary N) is 1. The number of ether oxygens (including phenoxy) is 1. The minimum atomic E-state index is -4.92. The number of alkyl halides is 3. The number of esters is 1. The first kappa shape index (κ1) is 27.3. The molecule has 0 fully saturated rings. The van der Waals surface area contributed by atoms with Crippen LogP contribution in [0, 0.1) is 12.7 Å². The lowest BCUT2D eigenvalue weighted by Gasteiger charge is -2.16. The van der Waals surface area contributed by atoms with E-state index in [1.54, 1.807) is 49.4 Å². The van der Waals surface area contributed by atoms with Crippen molar-refractivity contribution >= 4 is 34.6 Å². The van der Waals surface area contributed by atoms with E-state index in [1.807, 2.05) is 0 Å². The molecule has 0 saturated heterocycles. The molecule has 0 bridgehead atoms. The summed E-state index contributed by atoms with van der Waals surface area (Å²) in [5.74, 6) is -2.63. The number of amides is 1. The summed E-state index contributed by atoms with van der Waals surface area (Å²) >= 11 is 0. The van der Waals surface area contributed by atoms with Gasteiger partial charge in [-0.3, -0.25) is 4.79 Å². The normalized spacial score (nSPS) is 11.6. The molecule has 0 aliphatic heterocycles. The minimum absolute atomic E-state index is 0.0892. The van der Waals surface area contributed by atoms with Gasteiger partial charge in [-0.2, -0.15) is 13.2 Å². The molecule has 0 atom stereocenters. The first-order valence-corrected chi connectivity index (χ1v) is 11.6. The van der Waals surface area contributed by atoms with Gasteiger partial charge in [0.25, 0.3) is 0 Å². The van der Waals surface area contributed by atoms with Crippen LogP contribution < -0.4 is 10.9 Å². The van der Waals surface area contributed by atoms with Crippen molar-refractivity contribution in [2.24, 2.45) is 0 Å². The predicted octanol–water partition coefficient (Wildman–Crippen LogP) is 6.29. The van der Waals surface area contributed by atoms with Crippen LogP contribution in [0.3, 0.4) is 0 Å². The van der Waals surface area contributed by atoms with E-state index in [2.05, 4.69) is 10.1 Å². The van der Waals surface area contributed by atoms with Crippen LogP contribution in [0.2, 0.25) is 0 Å². The average Bonchev–Trinajstić information content (AvgIpc) is 2.89. The molecule has 1 amide bonds. The van der Waals surface area contributed by atoms with Crippen molar-refractivity contribution in [2.75, 3.05) is 12.4 Å². The molecule has 0 aliphatic carbocycles. The van der Waals surface area contributed by atoms with E-state index in [0.717, 1.165) is 12.1 Å². The number of carbonyl (C=O) groups excluding carboxylic acids is 2. The summed E-state index contributed by atoms with van der Waals surface area (Å²) in [6.45, 7) is 1.75. The van der Waals surface area contributed by atoms with Crippen LogP contribution >= 0.6 is 0 Å². The molecular weight excluding hydrogens is 518 g/mol. The zero-order valence-corrected chi connectivity index (χ0v) is 20.7. The van der Waals surface area contributed by atoms with Crippen LogP contribution in [0.15, 0.2) is 76.0 Å². The summed E-state index contributed by atoms with van der Waals surface area (Å²) in [6.07, 6.45) is -2.79. The van der Waals surface area contributed by atoms with Gasteiger partial charge in [0.05, 0.1) is 30.3 Å². The zero-order chi connectivity index (χ0) is 28.3. The second-order valence-corrected chi connectivity index (χ2v) is 8.58. The van der Waals surface area contributed by atoms with E-state index in [1.165, 1.54) is 19.3 Å². The average molecular weight is 539 g/mol. The number of fused-ring (bicyclic) bond motifs is 1. The number of hydrogen-bond acceptors (Lipinski definition) is 5. The molecule has 1 heterocycles. The number of halogens is 4. The first-order chi connectivity index (χ1) is 18.5. The van der Waals surface area contributed by atoms with Crippen molar-refractivity contribution in [3.63, 3.8) is 0 Å². The highest BCUT2D eigenvalue weighted by atomic mass is 19.4. The minimum Gasteiger partial charge on any atom is -0.466 e.